The van der Waals surface area contributed by atoms with Crippen LogP contribution >= 0.6 is 0 Å². The van der Waals surface area contributed by atoms with Gasteiger partial charge in [0, 0.05) is 29.6 Å². The van der Waals surface area contributed by atoms with E-state index in [4.69, 9.17) is 4.98 Å². The molecule has 0 radical (unpaired) electrons. The zero-order valence-corrected chi connectivity index (χ0v) is 16.8. The summed E-state index contributed by atoms with van der Waals surface area (Å²) in [6, 6.07) is 16.4. The monoisotopic (exact) mass is 436 g/mol. The Morgan fingerprint density at radius 1 is 0.844 bits per heavy atom. The largest absolute Gasteiger partial charge is 0.416 e. The van der Waals surface area contributed by atoms with Gasteiger partial charge < -0.3 is 4.57 Å². The summed E-state index contributed by atoms with van der Waals surface area (Å²) >= 11 is 0. The molecule has 0 saturated carbocycles. The first-order valence-electron chi connectivity index (χ1n) is 9.78. The second-order valence-corrected chi connectivity index (χ2v) is 7.37. The molecule has 0 unspecified atom stereocenters. The summed E-state index contributed by atoms with van der Waals surface area (Å²) in [5.41, 5.74) is 2.56. The number of rotatable bonds is 3. The van der Waals surface area contributed by atoms with Crippen molar-refractivity contribution in [3.8, 4) is 28.2 Å². The Morgan fingerprint density at radius 2 is 1.56 bits per heavy atom. The highest BCUT2D eigenvalue weighted by Gasteiger charge is 2.31. The highest BCUT2D eigenvalue weighted by molar-refractivity contribution is 5.82. The lowest BCUT2D eigenvalue weighted by Crippen LogP contribution is -2.06. The maximum atomic E-state index is 13.5. The minimum absolute atomic E-state index is 0.355. The van der Waals surface area contributed by atoms with Gasteiger partial charge in [0.25, 0.3) is 0 Å². The number of alkyl halides is 3. The van der Waals surface area contributed by atoms with E-state index in [1.807, 2.05) is 12.1 Å². The Labute approximate surface area is 180 Å². The molecule has 2 aromatic carbocycles. The van der Waals surface area contributed by atoms with Crippen LogP contribution in [-0.4, -0.2) is 19.2 Å². The van der Waals surface area contributed by atoms with Crippen LogP contribution in [0.4, 0.5) is 17.6 Å². The number of hydrogen-bond acceptors (Lipinski definition) is 2. The van der Waals surface area contributed by atoms with Crippen LogP contribution in [0.3, 0.4) is 0 Å². The third-order valence-electron chi connectivity index (χ3n) is 5.24. The van der Waals surface area contributed by atoms with Crippen LogP contribution < -0.4 is 0 Å². The van der Waals surface area contributed by atoms with Crippen LogP contribution in [0.5, 0.6) is 0 Å². The van der Waals surface area contributed by atoms with Crippen LogP contribution in [0.15, 0.2) is 79.1 Å². The Morgan fingerprint density at radius 3 is 2.25 bits per heavy atom. The van der Waals surface area contributed by atoms with E-state index < -0.39 is 11.7 Å². The summed E-state index contributed by atoms with van der Waals surface area (Å²) < 4.78 is 56.8. The van der Waals surface area contributed by atoms with Crippen molar-refractivity contribution in [3.63, 3.8) is 0 Å². The van der Waals surface area contributed by atoms with Crippen LogP contribution in [0.2, 0.25) is 0 Å². The minimum atomic E-state index is -4.47. The van der Waals surface area contributed by atoms with Gasteiger partial charge in [-0.1, -0.05) is 24.3 Å². The van der Waals surface area contributed by atoms with Crippen molar-refractivity contribution in [1.82, 2.24) is 19.2 Å². The molecule has 0 amide bonds. The smallest absolute Gasteiger partial charge is 0.309 e. The molecule has 0 atom stereocenters. The summed E-state index contributed by atoms with van der Waals surface area (Å²) in [7, 11) is 0. The second-order valence-electron chi connectivity index (χ2n) is 7.37. The molecule has 3 heterocycles. The first kappa shape index (κ1) is 20.0. The second kappa shape index (κ2) is 7.33. The molecule has 0 fully saturated rings. The molecule has 0 saturated heterocycles. The van der Waals surface area contributed by atoms with Gasteiger partial charge in [-0.2, -0.15) is 18.3 Å². The summed E-state index contributed by atoms with van der Waals surface area (Å²) in [5, 5.41) is 4.57. The molecule has 0 aliphatic rings. The fourth-order valence-corrected chi connectivity index (χ4v) is 3.75. The molecule has 3 aromatic heterocycles. The van der Waals surface area contributed by atoms with Gasteiger partial charge in [-0.15, -0.1) is 0 Å². The van der Waals surface area contributed by atoms with Crippen LogP contribution in [0.25, 0.3) is 33.8 Å². The van der Waals surface area contributed by atoms with Crippen molar-refractivity contribution in [2.75, 3.05) is 0 Å². The first-order valence-corrected chi connectivity index (χ1v) is 9.78. The number of benzene rings is 2. The molecule has 4 nitrogen and oxygen atoms in total. The van der Waals surface area contributed by atoms with E-state index in [1.165, 1.54) is 22.7 Å². The standard InChI is InChI=1S/C24H16F4N4/c1-15-22(16-7-9-19(25)10-8-16)23-29-21(31-11-2-3-12-31)14-20(32(23)30-15)17-5-4-6-18(13-17)24(26,27)28/h2-14H,1H3. The lowest BCUT2D eigenvalue weighted by atomic mass is 10.1. The van der Waals surface area contributed by atoms with Gasteiger partial charge in [0.05, 0.1) is 17.0 Å². The van der Waals surface area contributed by atoms with Crippen molar-refractivity contribution < 1.29 is 17.6 Å². The van der Waals surface area contributed by atoms with Crippen LogP contribution in [0, 0.1) is 12.7 Å². The number of aromatic nitrogens is 4. The van der Waals surface area contributed by atoms with Crippen molar-refractivity contribution in [1.29, 1.82) is 0 Å². The average Bonchev–Trinajstić information content (AvgIpc) is 3.41. The number of hydrogen-bond donors (Lipinski definition) is 0. The summed E-state index contributed by atoms with van der Waals surface area (Å²) in [6.45, 7) is 1.79. The normalized spacial score (nSPS) is 11.9. The van der Waals surface area contributed by atoms with E-state index in [9.17, 15) is 17.6 Å². The minimum Gasteiger partial charge on any atom is -0.309 e. The lowest BCUT2D eigenvalue weighted by molar-refractivity contribution is -0.137. The summed E-state index contributed by atoms with van der Waals surface area (Å²) in [6.07, 6.45) is -0.865. The van der Waals surface area contributed by atoms with Gasteiger partial charge >= 0.3 is 6.18 Å². The highest BCUT2D eigenvalue weighted by Crippen LogP contribution is 2.35. The molecular formula is C24H16F4N4. The van der Waals surface area contributed by atoms with Gasteiger partial charge in [-0.3, -0.25) is 0 Å². The molecule has 32 heavy (non-hydrogen) atoms. The number of halogens is 4. The molecule has 0 aliphatic heterocycles. The number of fused-ring (bicyclic) bond motifs is 1. The third-order valence-corrected chi connectivity index (χ3v) is 5.24. The molecule has 0 N–H and O–H groups in total. The maximum absolute atomic E-state index is 13.5. The summed E-state index contributed by atoms with van der Waals surface area (Å²) in [5.74, 6) is 0.159. The quantitative estimate of drug-likeness (QED) is 0.310. The highest BCUT2D eigenvalue weighted by atomic mass is 19.4. The first-order chi connectivity index (χ1) is 15.3. The van der Waals surface area contributed by atoms with E-state index in [2.05, 4.69) is 5.10 Å². The van der Waals surface area contributed by atoms with E-state index in [1.54, 1.807) is 48.1 Å². The Bertz CT molecular complexity index is 1420. The Hall–Kier alpha value is -3.94. The molecule has 5 aromatic rings. The van der Waals surface area contributed by atoms with Gasteiger partial charge in [-0.05, 0) is 48.9 Å². The van der Waals surface area contributed by atoms with Gasteiger partial charge in [0.1, 0.15) is 11.6 Å². The van der Waals surface area contributed by atoms with Crippen molar-refractivity contribution in [2.45, 2.75) is 13.1 Å². The predicted octanol–water partition coefficient (Wildman–Crippen LogP) is 6.32. The van der Waals surface area contributed by atoms with Gasteiger partial charge in [0.2, 0.25) is 0 Å². The van der Waals surface area contributed by atoms with Gasteiger partial charge in [-0.25, -0.2) is 13.9 Å². The molecule has 0 spiro atoms. The van der Waals surface area contributed by atoms with Gasteiger partial charge in [0.15, 0.2) is 5.65 Å². The van der Waals surface area contributed by atoms with Crippen molar-refractivity contribution >= 4 is 5.65 Å². The van der Waals surface area contributed by atoms with E-state index in [-0.39, 0.29) is 5.82 Å². The van der Waals surface area contributed by atoms with Crippen molar-refractivity contribution in [2.24, 2.45) is 0 Å². The fourth-order valence-electron chi connectivity index (χ4n) is 3.75. The molecule has 5 rings (SSSR count). The van der Waals surface area contributed by atoms with Crippen LogP contribution in [-0.2, 0) is 6.18 Å². The van der Waals surface area contributed by atoms with Crippen LogP contribution in [0.1, 0.15) is 11.3 Å². The predicted molar refractivity (Wildman–Crippen MR) is 113 cm³/mol. The number of nitrogens with zero attached hydrogens (tertiary/aromatic N) is 4. The SMILES string of the molecule is Cc1nn2c(-c3cccc(C(F)(F)F)c3)cc(-n3cccc3)nc2c1-c1ccc(F)cc1. The molecule has 160 valence electrons. The van der Waals surface area contributed by atoms with E-state index in [0.29, 0.717) is 39.5 Å². The van der Waals surface area contributed by atoms with E-state index >= 15 is 0 Å². The lowest BCUT2D eigenvalue weighted by Gasteiger charge is -2.12. The third kappa shape index (κ3) is 3.43. The Kier molecular flexibility index (Phi) is 4.58. The molecular weight excluding hydrogens is 420 g/mol. The average molecular weight is 436 g/mol. The molecule has 0 aliphatic carbocycles. The molecule has 0 bridgehead atoms. The summed E-state index contributed by atoms with van der Waals surface area (Å²) in [4.78, 5) is 4.74. The Balaban J connectivity index is 1.82. The number of aryl methyl sites for hydroxylation is 1. The molecule has 8 heteroatoms. The topological polar surface area (TPSA) is 35.1 Å². The van der Waals surface area contributed by atoms with Crippen molar-refractivity contribution in [3.05, 3.63) is 96.2 Å². The fraction of sp³-hybridized carbons (Fsp3) is 0.0833. The maximum Gasteiger partial charge on any atom is 0.416 e. The zero-order valence-electron chi connectivity index (χ0n) is 16.8. The zero-order chi connectivity index (χ0) is 22.5. The van der Waals surface area contributed by atoms with E-state index in [0.717, 1.165) is 12.1 Å².